The van der Waals surface area contributed by atoms with Gasteiger partial charge in [-0.1, -0.05) is 55.5 Å². The van der Waals surface area contributed by atoms with Gasteiger partial charge in [0.2, 0.25) is 5.91 Å². The van der Waals surface area contributed by atoms with Crippen molar-refractivity contribution in [3.63, 3.8) is 0 Å². The lowest BCUT2D eigenvalue weighted by molar-refractivity contribution is -0.115. The number of nitriles is 1. The van der Waals surface area contributed by atoms with Gasteiger partial charge in [0.25, 0.3) is 5.91 Å². The molecule has 1 aliphatic carbocycles. The number of fused-ring (bicyclic) bond motifs is 1. The van der Waals surface area contributed by atoms with Gasteiger partial charge in [-0.05, 0) is 73.1 Å². The van der Waals surface area contributed by atoms with Crippen LogP contribution in [0.15, 0.2) is 83.8 Å². The average Bonchev–Trinajstić information content (AvgIpc) is 3.32. The summed E-state index contributed by atoms with van der Waals surface area (Å²) in [6, 6.07) is 25.7. The van der Waals surface area contributed by atoms with Crippen molar-refractivity contribution < 1.29 is 14.0 Å². The molecule has 5 nitrogen and oxygen atoms in total. The fourth-order valence-corrected chi connectivity index (χ4v) is 7.27. The van der Waals surface area contributed by atoms with Gasteiger partial charge in [-0.2, -0.15) is 5.26 Å². The Balaban J connectivity index is 1.27. The standard InChI is InChI=1S/C32H28FN3O2S2/c1-2-28(39-23-12-8-11-22(18-23)35-30(37)25-13-6-7-14-27(25)33)31(38)36-32-26(19-34)24-16-15-21(17-29(24)40-32)20-9-4-3-5-10-20/h3-14,18,21,28H,2,15-17H2,1H3,(H,35,37)(H,36,38). The van der Waals surface area contributed by atoms with Crippen LogP contribution in [0, 0.1) is 17.1 Å². The van der Waals surface area contributed by atoms with Crippen LogP contribution in [0.2, 0.25) is 0 Å². The van der Waals surface area contributed by atoms with Gasteiger partial charge in [0.05, 0.1) is 16.4 Å². The zero-order chi connectivity index (χ0) is 28.1. The van der Waals surface area contributed by atoms with Gasteiger partial charge in [-0.15, -0.1) is 23.1 Å². The van der Waals surface area contributed by atoms with E-state index in [1.165, 1.54) is 51.7 Å². The SMILES string of the molecule is CCC(Sc1cccc(NC(=O)c2ccccc2F)c1)C(=O)Nc1sc2c(c1C#N)CCC(c1ccccc1)C2. The molecule has 0 radical (unpaired) electrons. The third-order valence-electron chi connectivity index (χ3n) is 7.04. The topological polar surface area (TPSA) is 82.0 Å². The summed E-state index contributed by atoms with van der Waals surface area (Å²) in [6.45, 7) is 1.94. The summed E-state index contributed by atoms with van der Waals surface area (Å²) in [7, 11) is 0. The summed E-state index contributed by atoms with van der Waals surface area (Å²) >= 11 is 2.90. The first-order chi connectivity index (χ1) is 19.5. The van der Waals surface area contributed by atoms with E-state index in [9.17, 15) is 19.2 Å². The minimum Gasteiger partial charge on any atom is -0.322 e. The molecule has 2 N–H and O–H groups in total. The molecular weight excluding hydrogens is 542 g/mol. The number of nitrogens with one attached hydrogen (secondary N) is 2. The molecule has 1 aliphatic rings. The van der Waals surface area contributed by atoms with E-state index in [1.807, 2.05) is 19.1 Å². The number of hydrogen-bond acceptors (Lipinski definition) is 5. The summed E-state index contributed by atoms with van der Waals surface area (Å²) in [4.78, 5) is 27.9. The number of amides is 2. The molecule has 2 amide bonds. The van der Waals surface area contributed by atoms with E-state index < -0.39 is 17.0 Å². The summed E-state index contributed by atoms with van der Waals surface area (Å²) < 4.78 is 14.0. The summed E-state index contributed by atoms with van der Waals surface area (Å²) in [5, 5.41) is 15.9. The van der Waals surface area contributed by atoms with Crippen molar-refractivity contribution >= 4 is 45.6 Å². The zero-order valence-corrected chi connectivity index (χ0v) is 23.6. The van der Waals surface area contributed by atoms with Crippen LogP contribution in [0.4, 0.5) is 15.1 Å². The average molecular weight is 570 g/mol. The van der Waals surface area contributed by atoms with Crippen LogP contribution in [0.5, 0.6) is 0 Å². The normalized spacial score (nSPS) is 15.0. The maximum Gasteiger partial charge on any atom is 0.258 e. The van der Waals surface area contributed by atoms with Crippen LogP contribution in [0.25, 0.3) is 0 Å². The van der Waals surface area contributed by atoms with E-state index in [0.29, 0.717) is 28.6 Å². The highest BCUT2D eigenvalue weighted by molar-refractivity contribution is 8.00. The number of thioether (sulfide) groups is 1. The minimum atomic E-state index is -0.587. The van der Waals surface area contributed by atoms with Gasteiger partial charge in [0.15, 0.2) is 0 Å². The van der Waals surface area contributed by atoms with E-state index in [0.717, 1.165) is 29.7 Å². The first-order valence-electron chi connectivity index (χ1n) is 13.2. The van der Waals surface area contributed by atoms with E-state index >= 15 is 0 Å². The number of hydrogen-bond donors (Lipinski definition) is 2. The maximum absolute atomic E-state index is 14.0. The Labute approximate surface area is 241 Å². The molecule has 2 unspecified atom stereocenters. The second-order valence-electron chi connectivity index (χ2n) is 9.64. The highest BCUT2D eigenvalue weighted by Crippen LogP contribution is 2.42. The monoisotopic (exact) mass is 569 g/mol. The molecule has 0 aliphatic heterocycles. The summed E-state index contributed by atoms with van der Waals surface area (Å²) in [5.41, 5.74) is 3.43. The van der Waals surface area contributed by atoms with Gasteiger partial charge in [0.1, 0.15) is 16.9 Å². The number of nitrogens with zero attached hydrogens (tertiary/aromatic N) is 1. The van der Waals surface area contributed by atoms with E-state index in [2.05, 4.69) is 41.0 Å². The number of carbonyl (C=O) groups excluding carboxylic acids is 2. The molecule has 8 heteroatoms. The quantitative estimate of drug-likeness (QED) is 0.212. The first-order valence-corrected chi connectivity index (χ1v) is 14.9. The number of rotatable bonds is 8. The molecule has 1 heterocycles. The Hall–Kier alpha value is -3.93. The molecular formula is C32H28FN3O2S2. The molecule has 202 valence electrons. The lowest BCUT2D eigenvalue weighted by atomic mass is 9.83. The van der Waals surface area contributed by atoms with Gasteiger partial charge in [-0.25, -0.2) is 4.39 Å². The Morgan fingerprint density at radius 3 is 2.60 bits per heavy atom. The Kier molecular flexibility index (Phi) is 8.63. The molecule has 2 atom stereocenters. The van der Waals surface area contributed by atoms with Crippen molar-refractivity contribution in [2.45, 2.75) is 48.7 Å². The van der Waals surface area contributed by atoms with E-state index in [1.54, 1.807) is 24.3 Å². The molecule has 5 rings (SSSR count). The molecule has 0 saturated heterocycles. The largest absolute Gasteiger partial charge is 0.322 e. The van der Waals surface area contributed by atoms with Crippen molar-refractivity contribution in [3.05, 3.63) is 112 Å². The molecule has 0 spiro atoms. The predicted molar refractivity (Wildman–Crippen MR) is 160 cm³/mol. The maximum atomic E-state index is 14.0. The van der Waals surface area contributed by atoms with Crippen LogP contribution >= 0.6 is 23.1 Å². The lowest BCUT2D eigenvalue weighted by Gasteiger charge is -2.22. The number of thiophene rings is 1. The molecule has 4 aromatic rings. The molecule has 3 aromatic carbocycles. The molecule has 0 bridgehead atoms. The fourth-order valence-electron chi connectivity index (χ4n) is 4.97. The number of anilines is 2. The van der Waals surface area contributed by atoms with Crippen molar-refractivity contribution in [2.75, 3.05) is 10.6 Å². The van der Waals surface area contributed by atoms with Gasteiger partial charge < -0.3 is 10.6 Å². The highest BCUT2D eigenvalue weighted by Gasteiger charge is 2.28. The van der Waals surface area contributed by atoms with Crippen molar-refractivity contribution in [2.24, 2.45) is 0 Å². The zero-order valence-electron chi connectivity index (χ0n) is 21.9. The summed E-state index contributed by atoms with van der Waals surface area (Å²) in [5.74, 6) is -0.878. The van der Waals surface area contributed by atoms with Crippen LogP contribution in [-0.4, -0.2) is 17.1 Å². The lowest BCUT2D eigenvalue weighted by Crippen LogP contribution is -2.24. The Morgan fingerprint density at radius 2 is 1.85 bits per heavy atom. The fraction of sp³-hybridized carbons (Fsp3) is 0.219. The Bertz CT molecular complexity index is 1580. The predicted octanol–water partition coefficient (Wildman–Crippen LogP) is 7.79. The van der Waals surface area contributed by atoms with Crippen LogP contribution in [-0.2, 0) is 17.6 Å². The molecule has 1 aromatic heterocycles. The van der Waals surface area contributed by atoms with E-state index in [4.69, 9.17) is 0 Å². The first kappa shape index (κ1) is 27.6. The molecule has 0 fully saturated rings. The highest BCUT2D eigenvalue weighted by atomic mass is 32.2. The minimum absolute atomic E-state index is 0.0339. The number of benzene rings is 3. The second-order valence-corrected chi connectivity index (χ2v) is 12.0. The molecule has 0 saturated carbocycles. The summed E-state index contributed by atoms with van der Waals surface area (Å²) in [6.07, 6.45) is 3.24. The number of halogens is 1. The third kappa shape index (κ3) is 6.11. The van der Waals surface area contributed by atoms with Gasteiger partial charge in [-0.3, -0.25) is 9.59 Å². The van der Waals surface area contributed by atoms with Gasteiger partial charge >= 0.3 is 0 Å². The number of carbonyl (C=O) groups is 2. The smallest absolute Gasteiger partial charge is 0.258 e. The Morgan fingerprint density at radius 1 is 1.07 bits per heavy atom. The van der Waals surface area contributed by atoms with E-state index in [-0.39, 0.29) is 11.5 Å². The van der Waals surface area contributed by atoms with Crippen LogP contribution in [0.1, 0.15) is 57.6 Å². The van der Waals surface area contributed by atoms with Gasteiger partial charge in [0, 0.05) is 15.5 Å². The second kappa shape index (κ2) is 12.5. The van der Waals surface area contributed by atoms with Crippen molar-refractivity contribution in [3.8, 4) is 6.07 Å². The van der Waals surface area contributed by atoms with Crippen LogP contribution in [0.3, 0.4) is 0 Å². The van der Waals surface area contributed by atoms with Crippen LogP contribution < -0.4 is 10.6 Å². The molecule has 40 heavy (non-hydrogen) atoms. The van der Waals surface area contributed by atoms with Crippen molar-refractivity contribution in [1.82, 2.24) is 0 Å². The van der Waals surface area contributed by atoms with Crippen molar-refractivity contribution in [1.29, 1.82) is 5.26 Å². The third-order valence-corrected chi connectivity index (χ3v) is 9.56.